The van der Waals surface area contributed by atoms with Crippen molar-refractivity contribution in [1.82, 2.24) is 4.98 Å². The molecule has 3 aliphatic rings. The molecule has 0 saturated heterocycles. The van der Waals surface area contributed by atoms with Gasteiger partial charge in [0.2, 0.25) is 0 Å². The maximum absolute atomic E-state index is 12.7. The number of benzene rings is 2. The lowest BCUT2D eigenvalue weighted by atomic mass is 9.59. The number of aliphatic hydroxyl groups excluding tert-OH is 1. The molecule has 2 unspecified atom stereocenters. The second-order valence-corrected chi connectivity index (χ2v) is 13.3. The van der Waals surface area contributed by atoms with Gasteiger partial charge in [0.25, 0.3) is 0 Å². The molecule has 2 aromatic carbocycles. The van der Waals surface area contributed by atoms with Crippen LogP contribution in [0, 0.1) is 11.8 Å². The Morgan fingerprint density at radius 2 is 1.93 bits per heavy atom. The van der Waals surface area contributed by atoms with E-state index in [0.717, 1.165) is 54.8 Å². The molecule has 6 nitrogen and oxygen atoms in total. The quantitative estimate of drug-likeness (QED) is 0.237. The van der Waals surface area contributed by atoms with Crippen LogP contribution in [0.1, 0.15) is 93.2 Å². The van der Waals surface area contributed by atoms with Crippen molar-refractivity contribution < 1.29 is 19.7 Å². The first kappa shape index (κ1) is 29.0. The number of nitrogens with one attached hydrogen (secondary N) is 1. The Morgan fingerprint density at radius 3 is 2.67 bits per heavy atom. The molecule has 0 bridgehead atoms. The van der Waals surface area contributed by atoms with Crippen LogP contribution in [0.15, 0.2) is 60.8 Å². The molecule has 1 aromatic heterocycles. The number of aromatic nitrogens is 1. The summed E-state index contributed by atoms with van der Waals surface area (Å²) in [5.74, 6) is 1.06. The summed E-state index contributed by atoms with van der Waals surface area (Å²) in [6.45, 7) is 5.01. The van der Waals surface area contributed by atoms with Crippen LogP contribution in [0.3, 0.4) is 0 Å². The number of hydrogen-bond donors (Lipinski definition) is 3. The maximum Gasteiger partial charge on any atom is 0.329 e. The standard InChI is InChI=1S/C35H41ClN2O4/c1-3-23-19-29(39)32-31(23)30(11-16-37-32)42-21-22(2)17-25-18-24-7-4-5-10-28(24)34(25)12-14-35(15-13-34,33(40)41)38-27-9-6-8-26(36)20-27/h4-11,16,20,22-23,25,29,38-39H,3,12-15,17-19,21H2,1-2H3,(H,40,41)/t22-,23?,25+,29?,34?,35?/m1/s1. The number of rotatable bonds is 9. The number of halogens is 1. The Kier molecular flexibility index (Phi) is 7.97. The molecule has 0 aliphatic heterocycles. The van der Waals surface area contributed by atoms with Crippen molar-refractivity contribution in [3.05, 3.63) is 88.2 Å². The number of carboxylic acid groups (broad SMARTS) is 1. The van der Waals surface area contributed by atoms with Gasteiger partial charge in [-0.25, -0.2) is 4.79 Å². The molecule has 3 N–H and O–H groups in total. The molecule has 222 valence electrons. The number of aliphatic hydroxyl groups is 1. The summed E-state index contributed by atoms with van der Waals surface area (Å²) >= 11 is 6.21. The van der Waals surface area contributed by atoms with Crippen LogP contribution < -0.4 is 10.1 Å². The second kappa shape index (κ2) is 11.5. The summed E-state index contributed by atoms with van der Waals surface area (Å²) in [4.78, 5) is 17.2. The summed E-state index contributed by atoms with van der Waals surface area (Å²) in [6.07, 6.45) is 7.64. The molecular formula is C35H41ClN2O4. The van der Waals surface area contributed by atoms with E-state index < -0.39 is 17.6 Å². The first-order valence-electron chi connectivity index (χ1n) is 15.4. The molecule has 4 atom stereocenters. The first-order valence-corrected chi connectivity index (χ1v) is 15.8. The van der Waals surface area contributed by atoms with Crippen molar-refractivity contribution in [3.63, 3.8) is 0 Å². The van der Waals surface area contributed by atoms with Crippen LogP contribution in [-0.4, -0.2) is 33.3 Å². The minimum Gasteiger partial charge on any atom is -0.493 e. The summed E-state index contributed by atoms with van der Waals surface area (Å²) in [7, 11) is 0. The molecule has 7 heteroatoms. The molecule has 3 aliphatic carbocycles. The third kappa shape index (κ3) is 5.17. The van der Waals surface area contributed by atoms with E-state index in [1.165, 1.54) is 11.1 Å². The van der Waals surface area contributed by atoms with Crippen molar-refractivity contribution in [2.45, 2.75) is 88.2 Å². The van der Waals surface area contributed by atoms with Gasteiger partial charge < -0.3 is 20.3 Å². The Labute approximate surface area is 253 Å². The molecule has 0 amide bonds. The van der Waals surface area contributed by atoms with Crippen molar-refractivity contribution in [2.75, 3.05) is 11.9 Å². The van der Waals surface area contributed by atoms with Gasteiger partial charge in [0, 0.05) is 22.5 Å². The van der Waals surface area contributed by atoms with Crippen LogP contribution in [0.4, 0.5) is 5.69 Å². The van der Waals surface area contributed by atoms with Crippen LogP contribution in [0.5, 0.6) is 5.75 Å². The van der Waals surface area contributed by atoms with Gasteiger partial charge in [0.05, 0.1) is 18.4 Å². The summed E-state index contributed by atoms with van der Waals surface area (Å²) in [6, 6.07) is 18.0. The molecule has 1 saturated carbocycles. The predicted molar refractivity (Wildman–Crippen MR) is 165 cm³/mol. The average Bonchev–Trinajstić information content (AvgIpc) is 3.47. The van der Waals surface area contributed by atoms with Gasteiger partial charge in [-0.05, 0) is 110 Å². The highest BCUT2D eigenvalue weighted by Gasteiger charge is 2.54. The van der Waals surface area contributed by atoms with E-state index in [4.69, 9.17) is 16.3 Å². The zero-order valence-electron chi connectivity index (χ0n) is 24.5. The van der Waals surface area contributed by atoms with Crippen molar-refractivity contribution in [3.8, 4) is 5.75 Å². The lowest BCUT2D eigenvalue weighted by molar-refractivity contribution is -0.144. The highest BCUT2D eigenvalue weighted by molar-refractivity contribution is 6.30. The second-order valence-electron chi connectivity index (χ2n) is 12.9. The largest absolute Gasteiger partial charge is 0.493 e. The molecule has 3 aromatic rings. The number of anilines is 1. The third-order valence-electron chi connectivity index (χ3n) is 10.3. The zero-order valence-corrected chi connectivity index (χ0v) is 25.2. The SMILES string of the molecule is CCC1CC(O)c2nccc(OC[C@H](C)C[C@H]3Cc4ccccc4C34CCC(Nc3cccc(Cl)c3)(C(=O)O)CC4)c21. The Bertz CT molecular complexity index is 1450. The van der Waals surface area contributed by atoms with E-state index in [-0.39, 0.29) is 11.3 Å². The number of aliphatic carboxylic acids is 1. The van der Waals surface area contributed by atoms with Gasteiger partial charge >= 0.3 is 5.97 Å². The normalized spacial score (nSPS) is 28.7. The van der Waals surface area contributed by atoms with Gasteiger partial charge in [-0.1, -0.05) is 55.8 Å². The lowest BCUT2D eigenvalue weighted by Gasteiger charge is -2.47. The Morgan fingerprint density at radius 1 is 1.14 bits per heavy atom. The van der Waals surface area contributed by atoms with Gasteiger partial charge in [-0.15, -0.1) is 0 Å². The van der Waals surface area contributed by atoms with Crippen LogP contribution in [0.25, 0.3) is 0 Å². The number of nitrogens with zero attached hydrogens (tertiary/aromatic N) is 1. The van der Waals surface area contributed by atoms with E-state index in [9.17, 15) is 15.0 Å². The van der Waals surface area contributed by atoms with Gasteiger partial charge in [0.1, 0.15) is 11.3 Å². The summed E-state index contributed by atoms with van der Waals surface area (Å²) < 4.78 is 6.45. The van der Waals surface area contributed by atoms with Crippen molar-refractivity contribution in [2.24, 2.45) is 11.8 Å². The predicted octanol–water partition coefficient (Wildman–Crippen LogP) is 7.69. The molecule has 1 heterocycles. The maximum atomic E-state index is 12.7. The van der Waals surface area contributed by atoms with Crippen molar-refractivity contribution >= 4 is 23.3 Å². The summed E-state index contributed by atoms with van der Waals surface area (Å²) in [5, 5.41) is 24.9. The molecule has 0 radical (unpaired) electrons. The number of pyridine rings is 1. The summed E-state index contributed by atoms with van der Waals surface area (Å²) in [5.41, 5.74) is 4.32. The number of ether oxygens (including phenoxy) is 1. The van der Waals surface area contributed by atoms with Gasteiger partial charge in [-0.3, -0.25) is 4.98 Å². The minimum absolute atomic E-state index is 0.0465. The zero-order chi connectivity index (χ0) is 29.5. The van der Waals surface area contributed by atoms with E-state index >= 15 is 0 Å². The smallest absolute Gasteiger partial charge is 0.329 e. The monoisotopic (exact) mass is 588 g/mol. The van der Waals surface area contributed by atoms with E-state index in [2.05, 4.69) is 48.4 Å². The van der Waals surface area contributed by atoms with E-state index in [1.54, 1.807) is 18.3 Å². The van der Waals surface area contributed by atoms with Crippen LogP contribution >= 0.6 is 11.6 Å². The fraction of sp³-hybridized carbons (Fsp3) is 0.486. The molecule has 1 fully saturated rings. The molecule has 1 spiro atoms. The molecular weight excluding hydrogens is 548 g/mol. The number of fused-ring (bicyclic) bond motifs is 3. The first-order chi connectivity index (χ1) is 20.2. The number of carboxylic acids is 1. The Balaban J connectivity index is 1.19. The molecule has 42 heavy (non-hydrogen) atoms. The lowest BCUT2D eigenvalue weighted by Crippen LogP contribution is -2.53. The minimum atomic E-state index is -1.02. The highest BCUT2D eigenvalue weighted by Crippen LogP contribution is 2.56. The number of carbonyl (C=O) groups is 1. The van der Waals surface area contributed by atoms with Gasteiger partial charge in [-0.2, -0.15) is 0 Å². The highest BCUT2D eigenvalue weighted by atomic mass is 35.5. The fourth-order valence-corrected chi connectivity index (χ4v) is 8.33. The molecule has 6 rings (SSSR count). The van der Waals surface area contributed by atoms with E-state index in [1.807, 2.05) is 18.2 Å². The number of hydrogen-bond acceptors (Lipinski definition) is 5. The fourth-order valence-electron chi connectivity index (χ4n) is 8.14. The van der Waals surface area contributed by atoms with E-state index in [0.29, 0.717) is 42.7 Å². The van der Waals surface area contributed by atoms with Crippen molar-refractivity contribution in [1.29, 1.82) is 0 Å². The van der Waals surface area contributed by atoms with Crippen LogP contribution in [-0.2, 0) is 16.6 Å². The third-order valence-corrected chi connectivity index (χ3v) is 10.6. The van der Waals surface area contributed by atoms with Crippen LogP contribution in [0.2, 0.25) is 5.02 Å². The average molecular weight is 589 g/mol. The Hall–Kier alpha value is -3.09. The topological polar surface area (TPSA) is 91.7 Å². The van der Waals surface area contributed by atoms with Gasteiger partial charge in [0.15, 0.2) is 0 Å².